The molecule has 1 rings (SSSR count). The summed E-state index contributed by atoms with van der Waals surface area (Å²) in [6.45, 7) is 6.43. The maximum atomic E-state index is 12.7. The first kappa shape index (κ1) is 21.9. The molecule has 8 nitrogen and oxygen atoms in total. The molecule has 1 amide bonds. The molecule has 1 aliphatic heterocycles. The standard InChI is InChI=1S/C16H30N2O6S/c1-5-13(6-2)12(3)16(21)17-7-8-24-14(9-17)10-18(11-15(19)20)25(4,22)23/h12-14H,5-11H2,1-4H3,(H,19,20). The fraction of sp³-hybridized carbons (Fsp3) is 0.875. The summed E-state index contributed by atoms with van der Waals surface area (Å²) in [4.78, 5) is 25.3. The van der Waals surface area contributed by atoms with Crippen LogP contribution in [0, 0.1) is 11.8 Å². The number of nitrogens with zero attached hydrogens (tertiary/aromatic N) is 2. The van der Waals surface area contributed by atoms with E-state index in [-0.39, 0.29) is 24.9 Å². The summed E-state index contributed by atoms with van der Waals surface area (Å²) in [5.41, 5.74) is 0. The van der Waals surface area contributed by atoms with Gasteiger partial charge in [0.05, 0.1) is 19.0 Å². The monoisotopic (exact) mass is 378 g/mol. The lowest BCUT2D eigenvalue weighted by molar-refractivity contribution is -0.145. The minimum absolute atomic E-state index is 0.0474. The van der Waals surface area contributed by atoms with Crippen molar-refractivity contribution in [3.8, 4) is 0 Å². The highest BCUT2D eigenvalue weighted by Crippen LogP contribution is 2.22. The third-order valence-corrected chi connectivity index (χ3v) is 6.00. The highest BCUT2D eigenvalue weighted by Gasteiger charge is 2.32. The Morgan fingerprint density at radius 3 is 2.40 bits per heavy atom. The quantitative estimate of drug-likeness (QED) is 0.631. The van der Waals surface area contributed by atoms with Crippen molar-refractivity contribution in [1.82, 2.24) is 9.21 Å². The van der Waals surface area contributed by atoms with Crippen LogP contribution in [0.4, 0.5) is 0 Å². The summed E-state index contributed by atoms with van der Waals surface area (Å²) in [6.07, 6.45) is 2.30. The van der Waals surface area contributed by atoms with Crippen LogP contribution in [0.25, 0.3) is 0 Å². The van der Waals surface area contributed by atoms with Gasteiger partial charge >= 0.3 is 5.97 Å². The van der Waals surface area contributed by atoms with E-state index in [1.807, 2.05) is 6.92 Å². The molecule has 2 unspecified atom stereocenters. The molecule has 0 aromatic rings. The van der Waals surface area contributed by atoms with E-state index in [4.69, 9.17) is 9.84 Å². The van der Waals surface area contributed by atoms with Gasteiger partial charge in [0, 0.05) is 25.6 Å². The number of morpholine rings is 1. The maximum absolute atomic E-state index is 12.7. The summed E-state index contributed by atoms with van der Waals surface area (Å²) in [5.74, 6) is -0.963. The molecule has 0 spiro atoms. The molecule has 1 saturated heterocycles. The second-order valence-corrected chi connectivity index (χ2v) is 8.57. The molecular formula is C16H30N2O6S. The first-order valence-electron chi connectivity index (χ1n) is 8.67. The number of aliphatic carboxylic acids is 1. The zero-order valence-electron chi connectivity index (χ0n) is 15.5. The molecule has 1 heterocycles. The normalized spacial score (nSPS) is 20.1. The number of sulfonamides is 1. The minimum atomic E-state index is -3.67. The van der Waals surface area contributed by atoms with Crippen molar-refractivity contribution < 1.29 is 27.9 Å². The predicted octanol–water partition coefficient (Wildman–Crippen LogP) is 0.632. The van der Waals surface area contributed by atoms with Crippen molar-refractivity contribution in [1.29, 1.82) is 0 Å². The largest absolute Gasteiger partial charge is 0.480 e. The Morgan fingerprint density at radius 2 is 1.92 bits per heavy atom. The van der Waals surface area contributed by atoms with Gasteiger partial charge in [0.15, 0.2) is 0 Å². The fourth-order valence-corrected chi connectivity index (χ4v) is 3.99. The maximum Gasteiger partial charge on any atom is 0.318 e. The summed E-state index contributed by atoms with van der Waals surface area (Å²) in [6, 6.07) is 0. The van der Waals surface area contributed by atoms with Crippen LogP contribution in [-0.2, 0) is 24.3 Å². The summed E-state index contributed by atoms with van der Waals surface area (Å²) in [5, 5.41) is 8.89. The number of rotatable bonds is 9. The van der Waals surface area contributed by atoms with E-state index >= 15 is 0 Å². The zero-order chi connectivity index (χ0) is 19.2. The predicted molar refractivity (Wildman–Crippen MR) is 93.6 cm³/mol. The van der Waals surface area contributed by atoms with Crippen LogP contribution in [-0.4, -0.2) is 79.8 Å². The topological polar surface area (TPSA) is 104 Å². The summed E-state index contributed by atoms with van der Waals surface area (Å²) >= 11 is 0. The van der Waals surface area contributed by atoms with Gasteiger partial charge in [-0.05, 0) is 5.92 Å². The molecule has 0 saturated carbocycles. The van der Waals surface area contributed by atoms with Gasteiger partial charge in [-0.15, -0.1) is 0 Å². The van der Waals surface area contributed by atoms with Gasteiger partial charge in [0.1, 0.15) is 6.54 Å². The van der Waals surface area contributed by atoms with E-state index in [0.717, 1.165) is 23.4 Å². The van der Waals surface area contributed by atoms with Gasteiger partial charge in [-0.2, -0.15) is 4.31 Å². The molecule has 2 atom stereocenters. The Hall–Kier alpha value is -1.19. The number of carbonyl (C=O) groups is 2. The SMILES string of the molecule is CCC(CC)C(C)C(=O)N1CCOC(CN(CC(=O)O)S(C)(=O)=O)C1. The number of carboxylic acid groups (broad SMARTS) is 1. The van der Waals surface area contributed by atoms with Crippen molar-refractivity contribution >= 4 is 21.9 Å². The molecule has 25 heavy (non-hydrogen) atoms. The van der Waals surface area contributed by atoms with Crippen molar-refractivity contribution in [2.45, 2.75) is 39.7 Å². The Bertz CT molecular complexity index is 561. The molecule has 1 aliphatic rings. The number of hydrogen-bond donors (Lipinski definition) is 1. The smallest absolute Gasteiger partial charge is 0.318 e. The van der Waals surface area contributed by atoms with E-state index in [0.29, 0.717) is 19.1 Å². The van der Waals surface area contributed by atoms with E-state index in [2.05, 4.69) is 13.8 Å². The first-order chi connectivity index (χ1) is 11.6. The van der Waals surface area contributed by atoms with Crippen LogP contribution in [0.2, 0.25) is 0 Å². The third-order valence-electron chi connectivity index (χ3n) is 4.78. The van der Waals surface area contributed by atoms with Crippen molar-refractivity contribution in [2.75, 3.05) is 39.0 Å². The lowest BCUT2D eigenvalue weighted by Gasteiger charge is -2.37. The minimum Gasteiger partial charge on any atom is -0.480 e. The van der Waals surface area contributed by atoms with Crippen molar-refractivity contribution in [2.24, 2.45) is 11.8 Å². The number of hydrogen-bond acceptors (Lipinski definition) is 5. The van der Waals surface area contributed by atoms with Crippen LogP contribution >= 0.6 is 0 Å². The Morgan fingerprint density at radius 1 is 1.32 bits per heavy atom. The second kappa shape index (κ2) is 9.49. The molecule has 0 bridgehead atoms. The van der Waals surface area contributed by atoms with Crippen LogP contribution < -0.4 is 0 Å². The molecule has 9 heteroatoms. The van der Waals surface area contributed by atoms with Gasteiger partial charge < -0.3 is 14.7 Å². The fourth-order valence-electron chi connectivity index (χ4n) is 3.21. The molecular weight excluding hydrogens is 348 g/mol. The van der Waals surface area contributed by atoms with E-state index in [9.17, 15) is 18.0 Å². The molecule has 0 aromatic heterocycles. The van der Waals surface area contributed by atoms with E-state index in [1.54, 1.807) is 4.90 Å². The lowest BCUT2D eigenvalue weighted by atomic mass is 9.88. The van der Waals surface area contributed by atoms with Crippen LogP contribution in [0.3, 0.4) is 0 Å². The lowest BCUT2D eigenvalue weighted by Crippen LogP contribution is -2.52. The van der Waals surface area contributed by atoms with Crippen molar-refractivity contribution in [3.63, 3.8) is 0 Å². The Balaban J connectivity index is 2.76. The van der Waals surface area contributed by atoms with Crippen LogP contribution in [0.5, 0.6) is 0 Å². The molecule has 0 radical (unpaired) electrons. The molecule has 1 fully saturated rings. The second-order valence-electron chi connectivity index (χ2n) is 6.59. The van der Waals surface area contributed by atoms with Gasteiger partial charge in [-0.3, -0.25) is 9.59 Å². The highest BCUT2D eigenvalue weighted by molar-refractivity contribution is 7.88. The Labute approximate surface area is 150 Å². The van der Waals surface area contributed by atoms with Gasteiger partial charge in [-0.1, -0.05) is 33.6 Å². The van der Waals surface area contributed by atoms with Crippen LogP contribution in [0.1, 0.15) is 33.6 Å². The number of carboxylic acids is 1. The van der Waals surface area contributed by atoms with Gasteiger partial charge in [-0.25, -0.2) is 8.42 Å². The average molecular weight is 378 g/mol. The highest BCUT2D eigenvalue weighted by atomic mass is 32.2. The van der Waals surface area contributed by atoms with Gasteiger partial charge in [0.2, 0.25) is 15.9 Å². The molecule has 0 aliphatic carbocycles. The molecule has 1 N–H and O–H groups in total. The number of ether oxygens (including phenoxy) is 1. The average Bonchev–Trinajstić information content (AvgIpc) is 2.53. The van der Waals surface area contributed by atoms with Crippen LogP contribution in [0.15, 0.2) is 0 Å². The number of carbonyl (C=O) groups excluding carboxylic acids is 1. The zero-order valence-corrected chi connectivity index (χ0v) is 16.3. The van der Waals surface area contributed by atoms with Crippen molar-refractivity contribution in [3.05, 3.63) is 0 Å². The third kappa shape index (κ3) is 6.56. The molecule has 0 aromatic carbocycles. The van der Waals surface area contributed by atoms with E-state index < -0.39 is 28.6 Å². The molecule has 146 valence electrons. The summed E-state index contributed by atoms with van der Waals surface area (Å²) < 4.78 is 30.0. The Kier molecular flexibility index (Phi) is 8.30. The number of amides is 1. The first-order valence-corrected chi connectivity index (χ1v) is 10.5. The van der Waals surface area contributed by atoms with Gasteiger partial charge in [0.25, 0.3) is 0 Å². The summed E-state index contributed by atoms with van der Waals surface area (Å²) in [7, 11) is -3.67. The van der Waals surface area contributed by atoms with E-state index in [1.165, 1.54) is 0 Å².